The van der Waals surface area contributed by atoms with E-state index in [1.54, 1.807) is 0 Å². The molecule has 0 aromatic rings. The first-order valence-corrected chi connectivity index (χ1v) is 22.0. The van der Waals surface area contributed by atoms with Crippen LogP contribution < -0.4 is 0 Å². The van der Waals surface area contributed by atoms with E-state index in [4.69, 9.17) is 19.3 Å². The van der Waals surface area contributed by atoms with Crippen molar-refractivity contribution in [3.05, 3.63) is 48.6 Å². The van der Waals surface area contributed by atoms with E-state index in [0.717, 1.165) is 77.0 Å². The van der Waals surface area contributed by atoms with Gasteiger partial charge in [-0.25, -0.2) is 4.57 Å². The average Bonchev–Trinajstić information content (AvgIpc) is 3.10. The van der Waals surface area contributed by atoms with Crippen LogP contribution >= 0.6 is 7.82 Å². The van der Waals surface area contributed by atoms with Crippen LogP contribution in [0.4, 0.5) is 0 Å². The number of esters is 2. The minimum Gasteiger partial charge on any atom is -0.462 e. The van der Waals surface area contributed by atoms with Crippen molar-refractivity contribution in [1.82, 2.24) is 0 Å². The van der Waals surface area contributed by atoms with Crippen molar-refractivity contribution in [1.29, 1.82) is 0 Å². The molecule has 1 unspecified atom stereocenters. The van der Waals surface area contributed by atoms with E-state index in [2.05, 4.69) is 67.0 Å². The van der Waals surface area contributed by atoms with Crippen LogP contribution in [0.15, 0.2) is 48.6 Å². The lowest BCUT2D eigenvalue weighted by Gasteiger charge is -2.18. The number of unbranched alkanes of at least 4 members (excludes halogenated alkanes) is 19. The Kier molecular flexibility index (Phi) is 36.3. The number of phosphoric ester groups is 1. The predicted octanol–water partition coefficient (Wildman–Crippen LogP) is 12.3. The van der Waals surface area contributed by atoms with Gasteiger partial charge >= 0.3 is 19.8 Å². The fourth-order valence-electron chi connectivity index (χ4n) is 5.48. The van der Waals surface area contributed by atoms with Gasteiger partial charge in [0.1, 0.15) is 6.61 Å². The molecule has 8 nitrogen and oxygen atoms in total. The molecule has 0 aliphatic rings. The molecular weight excluding hydrogens is 663 g/mol. The van der Waals surface area contributed by atoms with Crippen molar-refractivity contribution in [3.8, 4) is 0 Å². The minimum atomic E-state index is -4.76. The van der Waals surface area contributed by atoms with Gasteiger partial charge in [-0.3, -0.25) is 14.1 Å². The second-order valence-electron chi connectivity index (χ2n) is 13.6. The van der Waals surface area contributed by atoms with Gasteiger partial charge in [0, 0.05) is 12.8 Å². The number of rotatable bonds is 37. The molecule has 9 heteroatoms. The highest BCUT2D eigenvalue weighted by atomic mass is 31.2. The third-order valence-corrected chi connectivity index (χ3v) is 9.06. The normalized spacial score (nSPS) is 12.9. The Bertz CT molecular complexity index is 968. The molecule has 2 N–H and O–H groups in total. The molecule has 0 aromatic carbocycles. The fraction of sp³-hybridized carbons (Fsp3) is 0.762. The van der Waals surface area contributed by atoms with Gasteiger partial charge in [-0.05, 0) is 70.6 Å². The van der Waals surface area contributed by atoms with Crippen molar-refractivity contribution in [2.24, 2.45) is 0 Å². The monoisotopic (exact) mass is 739 g/mol. The largest absolute Gasteiger partial charge is 0.469 e. The molecule has 0 saturated carbocycles. The Morgan fingerprint density at radius 2 is 0.902 bits per heavy atom. The van der Waals surface area contributed by atoms with Crippen molar-refractivity contribution in [3.63, 3.8) is 0 Å². The number of carbonyl (C=O) groups is 2. The molecule has 0 aliphatic carbocycles. The van der Waals surface area contributed by atoms with Crippen molar-refractivity contribution >= 4 is 19.8 Å². The molecule has 0 saturated heterocycles. The third-order valence-electron chi connectivity index (χ3n) is 8.57. The lowest BCUT2D eigenvalue weighted by Crippen LogP contribution is -2.29. The molecule has 0 spiro atoms. The van der Waals surface area contributed by atoms with E-state index < -0.39 is 32.5 Å². The second kappa shape index (κ2) is 37.8. The number of carbonyl (C=O) groups excluding carboxylic acids is 2. The lowest BCUT2D eigenvalue weighted by molar-refractivity contribution is -0.161. The molecule has 0 aliphatic heterocycles. The Balaban J connectivity index is 3.95. The zero-order valence-electron chi connectivity index (χ0n) is 32.5. The van der Waals surface area contributed by atoms with Crippen LogP contribution in [-0.2, 0) is 28.2 Å². The number of hydrogen-bond acceptors (Lipinski definition) is 6. The maximum Gasteiger partial charge on any atom is 0.469 e. The zero-order valence-corrected chi connectivity index (χ0v) is 33.4. The van der Waals surface area contributed by atoms with Crippen LogP contribution in [0.1, 0.15) is 187 Å². The number of ether oxygens (including phenoxy) is 2. The van der Waals surface area contributed by atoms with E-state index in [-0.39, 0.29) is 19.4 Å². The highest BCUT2D eigenvalue weighted by Crippen LogP contribution is 2.36. The Hall–Kier alpha value is -1.99. The zero-order chi connectivity index (χ0) is 37.5. The summed E-state index contributed by atoms with van der Waals surface area (Å²) in [4.78, 5) is 42.8. The first kappa shape index (κ1) is 49.0. The summed E-state index contributed by atoms with van der Waals surface area (Å²) >= 11 is 0. The SMILES string of the molecule is CCCC/C=C\C/C=C\CCCCCCCC(=O)OCC(COP(=O)(O)O)OC(=O)CCCCCCCCCCC/C=C\C/C=C\CCCCC. The Morgan fingerprint density at radius 3 is 1.35 bits per heavy atom. The fourth-order valence-corrected chi connectivity index (χ4v) is 5.84. The number of phosphoric acid groups is 1. The average molecular weight is 739 g/mol. The topological polar surface area (TPSA) is 119 Å². The van der Waals surface area contributed by atoms with Crippen LogP contribution in [0.2, 0.25) is 0 Å². The second-order valence-corrected chi connectivity index (χ2v) is 14.8. The van der Waals surface area contributed by atoms with Gasteiger partial charge in [0.05, 0.1) is 6.61 Å². The molecule has 0 fully saturated rings. The van der Waals surface area contributed by atoms with Gasteiger partial charge < -0.3 is 19.3 Å². The summed E-state index contributed by atoms with van der Waals surface area (Å²) in [6, 6.07) is 0. The molecule has 0 aromatic heterocycles. The van der Waals surface area contributed by atoms with E-state index in [0.29, 0.717) is 12.8 Å². The minimum absolute atomic E-state index is 0.203. The summed E-state index contributed by atoms with van der Waals surface area (Å²) in [6.07, 6.45) is 45.4. The van der Waals surface area contributed by atoms with Crippen LogP contribution in [0, 0.1) is 0 Å². The first-order chi connectivity index (χ1) is 24.8. The maximum atomic E-state index is 12.4. The summed E-state index contributed by atoms with van der Waals surface area (Å²) in [5, 5.41) is 0. The van der Waals surface area contributed by atoms with Gasteiger partial charge in [-0.2, -0.15) is 0 Å². The molecular formula is C42H75O8P. The van der Waals surface area contributed by atoms with Crippen molar-refractivity contribution in [2.75, 3.05) is 13.2 Å². The van der Waals surface area contributed by atoms with Gasteiger partial charge in [0.25, 0.3) is 0 Å². The molecule has 0 amide bonds. The molecule has 296 valence electrons. The van der Waals surface area contributed by atoms with Gasteiger partial charge in [0.15, 0.2) is 6.10 Å². The molecule has 1 atom stereocenters. The van der Waals surface area contributed by atoms with E-state index >= 15 is 0 Å². The van der Waals surface area contributed by atoms with Gasteiger partial charge in [-0.15, -0.1) is 0 Å². The summed E-state index contributed by atoms with van der Waals surface area (Å²) in [6.45, 7) is 3.60. The van der Waals surface area contributed by atoms with Gasteiger partial charge in [-0.1, -0.05) is 152 Å². The summed E-state index contributed by atoms with van der Waals surface area (Å²) < 4.78 is 26.4. The molecule has 0 bridgehead atoms. The first-order valence-electron chi connectivity index (χ1n) is 20.4. The van der Waals surface area contributed by atoms with Gasteiger partial charge in [0.2, 0.25) is 0 Å². The van der Waals surface area contributed by atoms with E-state index in [1.165, 1.54) is 70.6 Å². The smallest absolute Gasteiger partial charge is 0.462 e. The van der Waals surface area contributed by atoms with Crippen molar-refractivity contribution < 1.29 is 37.9 Å². The highest BCUT2D eigenvalue weighted by molar-refractivity contribution is 7.46. The van der Waals surface area contributed by atoms with E-state index in [9.17, 15) is 14.2 Å². The van der Waals surface area contributed by atoms with Crippen molar-refractivity contribution in [2.45, 2.75) is 193 Å². The van der Waals surface area contributed by atoms with Crippen LogP contribution in [0.5, 0.6) is 0 Å². The van der Waals surface area contributed by atoms with Crippen LogP contribution in [-0.4, -0.2) is 41.0 Å². The maximum absolute atomic E-state index is 12.4. The predicted molar refractivity (Wildman–Crippen MR) is 211 cm³/mol. The lowest BCUT2D eigenvalue weighted by atomic mass is 10.1. The summed E-state index contributed by atoms with van der Waals surface area (Å²) in [7, 11) is -4.76. The Morgan fingerprint density at radius 1 is 0.510 bits per heavy atom. The summed E-state index contributed by atoms with van der Waals surface area (Å²) in [5.41, 5.74) is 0. The quantitative estimate of drug-likeness (QED) is 0.0280. The van der Waals surface area contributed by atoms with Crippen LogP contribution in [0.25, 0.3) is 0 Å². The third kappa shape index (κ3) is 40.6. The molecule has 51 heavy (non-hydrogen) atoms. The Labute approximate surface area is 312 Å². The highest BCUT2D eigenvalue weighted by Gasteiger charge is 2.22. The number of hydrogen-bond donors (Lipinski definition) is 2. The molecule has 0 heterocycles. The molecule has 0 radical (unpaired) electrons. The van der Waals surface area contributed by atoms with E-state index in [1.807, 2.05) is 0 Å². The molecule has 0 rings (SSSR count). The number of allylic oxidation sites excluding steroid dienone is 8. The summed E-state index contributed by atoms with van der Waals surface area (Å²) in [5.74, 6) is -0.906. The van der Waals surface area contributed by atoms with Crippen LogP contribution in [0.3, 0.4) is 0 Å². The standard InChI is InChI=1S/C42H75O8P/c1-3-5-7-9-11-13-15-17-19-20-21-22-23-25-27-29-31-33-35-37-42(44)50-40(39-49-51(45,46)47)38-48-41(43)36-34-32-30-28-26-24-18-16-14-12-10-8-6-4-2/h10-13,16-19,40H,3-9,14-15,20-39H2,1-2H3,(H2,45,46,47)/b12-10-,13-11-,18-16-,19-17-.